The molecule has 1 aromatic carbocycles. The van der Waals surface area contributed by atoms with Gasteiger partial charge < -0.3 is 10.4 Å². The smallest absolute Gasteiger partial charge is 0.320 e. The van der Waals surface area contributed by atoms with Gasteiger partial charge in [0.15, 0.2) is 0 Å². The van der Waals surface area contributed by atoms with Crippen molar-refractivity contribution in [2.75, 3.05) is 11.9 Å². The van der Waals surface area contributed by atoms with Gasteiger partial charge in [0, 0.05) is 18.1 Å². The van der Waals surface area contributed by atoms with E-state index in [-0.39, 0.29) is 12.6 Å². The van der Waals surface area contributed by atoms with E-state index >= 15 is 0 Å². The molecule has 2 amide bonds. The maximum absolute atomic E-state index is 11.4. The third kappa shape index (κ3) is 2.57. The topological polar surface area (TPSA) is 74.2 Å². The summed E-state index contributed by atoms with van der Waals surface area (Å²) in [4.78, 5) is 15.5. The van der Waals surface area contributed by atoms with Gasteiger partial charge in [-0.1, -0.05) is 18.2 Å². The van der Waals surface area contributed by atoms with Gasteiger partial charge >= 0.3 is 6.03 Å². The van der Waals surface area contributed by atoms with Gasteiger partial charge in [0.1, 0.15) is 5.82 Å². The first-order valence-electron chi connectivity index (χ1n) is 5.78. The minimum absolute atomic E-state index is 0.0257. The van der Waals surface area contributed by atoms with Crippen LogP contribution in [-0.4, -0.2) is 22.7 Å². The van der Waals surface area contributed by atoms with Gasteiger partial charge in [0.2, 0.25) is 0 Å². The fraction of sp³-hybridized carbons (Fsp3) is 0.231. The number of pyridine rings is 1. The van der Waals surface area contributed by atoms with E-state index < -0.39 is 0 Å². The first kappa shape index (κ1) is 12.3. The molecule has 0 aliphatic rings. The monoisotopic (exact) mass is 245 g/mol. The molecule has 0 saturated carbocycles. The zero-order valence-corrected chi connectivity index (χ0v) is 10.1. The van der Waals surface area contributed by atoms with Crippen molar-refractivity contribution < 1.29 is 9.90 Å². The molecule has 0 aliphatic carbocycles. The third-order valence-corrected chi connectivity index (χ3v) is 2.60. The number of carbonyl (C=O) groups excluding carboxylic acids is 1. The minimum atomic E-state index is -0.275. The van der Waals surface area contributed by atoms with Gasteiger partial charge in [-0.05, 0) is 23.9 Å². The number of carbonyl (C=O) groups is 1. The second-order valence-electron chi connectivity index (χ2n) is 3.85. The van der Waals surface area contributed by atoms with E-state index in [2.05, 4.69) is 15.6 Å². The maximum Gasteiger partial charge on any atom is 0.320 e. The Kier molecular flexibility index (Phi) is 3.74. The Morgan fingerprint density at radius 2 is 2.28 bits per heavy atom. The fourth-order valence-electron chi connectivity index (χ4n) is 1.76. The number of rotatable bonds is 3. The largest absolute Gasteiger partial charge is 0.392 e. The zero-order valence-electron chi connectivity index (χ0n) is 10.1. The van der Waals surface area contributed by atoms with Crippen LogP contribution in [0.1, 0.15) is 12.5 Å². The molecule has 0 atom stereocenters. The summed E-state index contributed by atoms with van der Waals surface area (Å²) in [5.74, 6) is 0.489. The molecule has 3 N–H and O–H groups in total. The van der Waals surface area contributed by atoms with Crippen molar-refractivity contribution in [2.45, 2.75) is 13.5 Å². The van der Waals surface area contributed by atoms with Crippen LogP contribution in [0.2, 0.25) is 0 Å². The molecule has 0 radical (unpaired) electrons. The van der Waals surface area contributed by atoms with Crippen molar-refractivity contribution in [3.63, 3.8) is 0 Å². The second-order valence-corrected chi connectivity index (χ2v) is 3.85. The molecule has 0 spiro atoms. The predicted molar refractivity (Wildman–Crippen MR) is 70.4 cm³/mol. The zero-order chi connectivity index (χ0) is 13.0. The molecule has 5 heteroatoms. The van der Waals surface area contributed by atoms with E-state index in [1.165, 1.54) is 0 Å². The van der Waals surface area contributed by atoms with E-state index in [9.17, 15) is 9.90 Å². The van der Waals surface area contributed by atoms with Crippen molar-refractivity contribution >= 4 is 22.6 Å². The van der Waals surface area contributed by atoms with Crippen LogP contribution in [0.15, 0.2) is 30.5 Å². The lowest BCUT2D eigenvalue weighted by Crippen LogP contribution is -2.28. The molecule has 1 heterocycles. The summed E-state index contributed by atoms with van der Waals surface area (Å²) in [6.07, 6.45) is 1.66. The summed E-state index contributed by atoms with van der Waals surface area (Å²) in [7, 11) is 0. The highest BCUT2D eigenvalue weighted by Crippen LogP contribution is 2.20. The molecular weight excluding hydrogens is 230 g/mol. The van der Waals surface area contributed by atoms with Gasteiger partial charge in [-0.15, -0.1) is 0 Å². The number of aliphatic hydroxyl groups is 1. The lowest BCUT2D eigenvalue weighted by atomic mass is 10.1. The summed E-state index contributed by atoms with van der Waals surface area (Å²) in [6.45, 7) is 2.39. The lowest BCUT2D eigenvalue weighted by Gasteiger charge is -2.07. The summed E-state index contributed by atoms with van der Waals surface area (Å²) in [6, 6.07) is 7.13. The van der Waals surface area contributed by atoms with E-state index in [4.69, 9.17) is 0 Å². The quantitative estimate of drug-likeness (QED) is 0.772. The molecule has 0 unspecified atom stereocenters. The Labute approximate surface area is 105 Å². The molecule has 1 aromatic heterocycles. The highest BCUT2D eigenvalue weighted by atomic mass is 16.3. The number of fused-ring (bicyclic) bond motifs is 1. The van der Waals surface area contributed by atoms with Crippen LogP contribution in [0, 0.1) is 0 Å². The first-order valence-corrected chi connectivity index (χ1v) is 5.78. The van der Waals surface area contributed by atoms with Crippen LogP contribution >= 0.6 is 0 Å². The van der Waals surface area contributed by atoms with Gasteiger partial charge in [0.05, 0.1) is 6.61 Å². The first-order chi connectivity index (χ1) is 8.74. The molecule has 2 rings (SSSR count). The molecule has 0 saturated heterocycles. The van der Waals surface area contributed by atoms with Crippen molar-refractivity contribution in [1.29, 1.82) is 0 Å². The fourth-order valence-corrected chi connectivity index (χ4v) is 1.76. The highest BCUT2D eigenvalue weighted by molar-refractivity contribution is 5.92. The van der Waals surface area contributed by atoms with Crippen LogP contribution in [-0.2, 0) is 6.61 Å². The Hall–Kier alpha value is -2.14. The maximum atomic E-state index is 11.4. The lowest BCUT2D eigenvalue weighted by molar-refractivity contribution is 0.252. The Bertz CT molecular complexity index is 569. The van der Waals surface area contributed by atoms with Crippen LogP contribution in [0.5, 0.6) is 0 Å². The molecule has 94 valence electrons. The van der Waals surface area contributed by atoms with Crippen molar-refractivity contribution in [3.05, 3.63) is 36.0 Å². The number of aromatic nitrogens is 1. The van der Waals surface area contributed by atoms with E-state index in [0.29, 0.717) is 12.4 Å². The standard InChI is InChI=1S/C13H15N3O2/c1-2-14-13(18)16-12-6-9-4-3-5-10(8-17)11(9)7-15-12/h3-7,17H,2,8H2,1H3,(H2,14,15,16,18). The van der Waals surface area contributed by atoms with Crippen LogP contribution < -0.4 is 10.6 Å². The molecule has 0 fully saturated rings. The number of aliphatic hydroxyl groups excluding tert-OH is 1. The minimum Gasteiger partial charge on any atom is -0.392 e. The average molecular weight is 245 g/mol. The van der Waals surface area contributed by atoms with Gasteiger partial charge in [-0.2, -0.15) is 0 Å². The summed E-state index contributed by atoms with van der Waals surface area (Å²) in [5.41, 5.74) is 0.824. The number of amides is 2. The Balaban J connectivity index is 2.30. The number of nitrogens with one attached hydrogen (secondary N) is 2. The Morgan fingerprint density at radius 3 is 3.00 bits per heavy atom. The van der Waals surface area contributed by atoms with Crippen molar-refractivity contribution in [3.8, 4) is 0 Å². The predicted octanol–water partition coefficient (Wildman–Crippen LogP) is 1.87. The number of hydrogen-bond donors (Lipinski definition) is 3. The van der Waals surface area contributed by atoms with Crippen LogP contribution in [0.25, 0.3) is 10.8 Å². The molecule has 0 bridgehead atoms. The summed E-state index contributed by atoms with van der Waals surface area (Å²) in [5, 5.41) is 16.3. The van der Waals surface area contributed by atoms with Crippen LogP contribution in [0.3, 0.4) is 0 Å². The van der Waals surface area contributed by atoms with Crippen LogP contribution in [0.4, 0.5) is 10.6 Å². The SMILES string of the molecule is CCNC(=O)Nc1cc2cccc(CO)c2cn1. The number of benzene rings is 1. The van der Waals surface area contributed by atoms with E-state index in [1.54, 1.807) is 12.3 Å². The summed E-state index contributed by atoms with van der Waals surface area (Å²) >= 11 is 0. The number of nitrogens with zero attached hydrogens (tertiary/aromatic N) is 1. The molecule has 18 heavy (non-hydrogen) atoms. The highest BCUT2D eigenvalue weighted by Gasteiger charge is 2.04. The number of urea groups is 1. The van der Waals surface area contributed by atoms with Crippen molar-refractivity contribution in [1.82, 2.24) is 10.3 Å². The molecule has 2 aromatic rings. The summed E-state index contributed by atoms with van der Waals surface area (Å²) < 4.78 is 0. The average Bonchev–Trinajstić information content (AvgIpc) is 2.38. The Morgan fingerprint density at radius 1 is 1.44 bits per heavy atom. The van der Waals surface area contributed by atoms with Gasteiger partial charge in [-0.3, -0.25) is 5.32 Å². The second kappa shape index (κ2) is 5.46. The normalized spacial score (nSPS) is 10.3. The van der Waals surface area contributed by atoms with E-state index in [1.807, 2.05) is 25.1 Å². The number of hydrogen-bond acceptors (Lipinski definition) is 3. The van der Waals surface area contributed by atoms with Gasteiger partial charge in [-0.25, -0.2) is 9.78 Å². The third-order valence-electron chi connectivity index (χ3n) is 2.60. The molecule has 0 aliphatic heterocycles. The number of anilines is 1. The van der Waals surface area contributed by atoms with Gasteiger partial charge in [0.25, 0.3) is 0 Å². The van der Waals surface area contributed by atoms with E-state index in [0.717, 1.165) is 16.3 Å². The van der Waals surface area contributed by atoms with Crippen molar-refractivity contribution in [2.24, 2.45) is 0 Å². The molecular formula is C13H15N3O2. The molecule has 5 nitrogen and oxygen atoms in total.